The molecule has 3 aromatic rings. The third-order valence-electron chi connectivity index (χ3n) is 5.23. The molecular weight excluding hydrogens is 432 g/mol. The van der Waals surface area contributed by atoms with Crippen molar-refractivity contribution >= 4 is 38.7 Å². The van der Waals surface area contributed by atoms with Crippen molar-refractivity contribution in [2.24, 2.45) is 0 Å². The first-order valence-electron chi connectivity index (χ1n) is 9.94. The van der Waals surface area contributed by atoms with Gasteiger partial charge in [0.15, 0.2) is 9.84 Å². The maximum atomic E-state index is 12.8. The van der Waals surface area contributed by atoms with Crippen LogP contribution in [0.3, 0.4) is 0 Å². The molecule has 1 N–H and O–H groups in total. The number of carbonyl (C=O) groups is 2. The Kier molecular flexibility index (Phi) is 6.20. The number of nitrogens with zero attached hydrogens (tertiary/aromatic N) is 1. The normalized spacial score (nSPS) is 13.5. The third-order valence-corrected chi connectivity index (χ3v) is 8.44. The molecule has 1 aliphatic rings. The summed E-state index contributed by atoms with van der Waals surface area (Å²) in [5.41, 5.74) is 3.53. The van der Waals surface area contributed by atoms with Crippen LogP contribution in [0, 0.1) is 0 Å². The molecule has 0 saturated heterocycles. The van der Waals surface area contributed by atoms with Gasteiger partial charge < -0.3 is 10.2 Å². The molecule has 6 nitrogen and oxygen atoms in total. The molecule has 8 heteroatoms. The zero-order chi connectivity index (χ0) is 21.8. The SMILES string of the molecule is O=C(CCS(=O)(=O)c1cccs1)Nc1ccc(C(=O)N2CCc3ccccc3C2)cc1. The van der Waals surface area contributed by atoms with E-state index in [-0.39, 0.29) is 28.2 Å². The topological polar surface area (TPSA) is 83.5 Å². The molecule has 0 fully saturated rings. The van der Waals surface area contributed by atoms with Crippen molar-refractivity contribution in [3.05, 3.63) is 82.7 Å². The first-order chi connectivity index (χ1) is 14.9. The van der Waals surface area contributed by atoms with Gasteiger partial charge in [-0.05, 0) is 53.3 Å². The van der Waals surface area contributed by atoms with E-state index in [1.54, 1.807) is 35.7 Å². The summed E-state index contributed by atoms with van der Waals surface area (Å²) in [4.78, 5) is 26.8. The van der Waals surface area contributed by atoms with E-state index in [0.29, 0.717) is 24.3 Å². The number of hydrogen-bond donors (Lipinski definition) is 1. The molecule has 0 atom stereocenters. The lowest BCUT2D eigenvalue weighted by Gasteiger charge is -2.29. The Bertz CT molecular complexity index is 1190. The van der Waals surface area contributed by atoms with E-state index in [4.69, 9.17) is 0 Å². The minimum atomic E-state index is -3.45. The van der Waals surface area contributed by atoms with Crippen LogP contribution in [0.4, 0.5) is 5.69 Å². The van der Waals surface area contributed by atoms with Gasteiger partial charge in [-0.25, -0.2) is 8.42 Å². The fourth-order valence-corrected chi connectivity index (χ4v) is 5.93. The summed E-state index contributed by atoms with van der Waals surface area (Å²) < 4.78 is 24.6. The van der Waals surface area contributed by atoms with Gasteiger partial charge in [-0.15, -0.1) is 11.3 Å². The quantitative estimate of drug-likeness (QED) is 0.615. The van der Waals surface area contributed by atoms with Crippen molar-refractivity contribution in [3.8, 4) is 0 Å². The lowest BCUT2D eigenvalue weighted by atomic mass is 9.99. The molecule has 2 aromatic carbocycles. The van der Waals surface area contributed by atoms with Gasteiger partial charge in [-0.1, -0.05) is 30.3 Å². The standard InChI is InChI=1S/C23H22N2O4S2/c26-21(12-15-31(28,29)22-6-3-14-30-22)24-20-9-7-18(8-10-20)23(27)25-13-11-17-4-1-2-5-19(17)16-25/h1-10,14H,11-13,15-16H2,(H,24,26). The molecule has 0 unspecified atom stereocenters. The molecule has 2 heterocycles. The number of rotatable bonds is 6. The zero-order valence-electron chi connectivity index (χ0n) is 16.8. The minimum Gasteiger partial charge on any atom is -0.334 e. The van der Waals surface area contributed by atoms with Gasteiger partial charge in [-0.3, -0.25) is 9.59 Å². The number of nitrogens with one attached hydrogen (secondary N) is 1. The largest absolute Gasteiger partial charge is 0.334 e. The van der Waals surface area contributed by atoms with Gasteiger partial charge >= 0.3 is 0 Å². The molecule has 0 bridgehead atoms. The van der Waals surface area contributed by atoms with Crippen molar-refractivity contribution in [2.45, 2.75) is 23.6 Å². The summed E-state index contributed by atoms with van der Waals surface area (Å²) in [7, 11) is -3.45. The second-order valence-corrected chi connectivity index (χ2v) is 10.7. The number of amides is 2. The van der Waals surface area contributed by atoms with Crippen molar-refractivity contribution in [1.29, 1.82) is 0 Å². The van der Waals surface area contributed by atoms with Crippen LogP contribution >= 0.6 is 11.3 Å². The molecule has 1 aromatic heterocycles. The molecule has 4 rings (SSSR count). The van der Waals surface area contributed by atoms with Crippen LogP contribution in [0.1, 0.15) is 27.9 Å². The van der Waals surface area contributed by atoms with Gasteiger partial charge in [0.25, 0.3) is 5.91 Å². The van der Waals surface area contributed by atoms with Crippen molar-refractivity contribution < 1.29 is 18.0 Å². The minimum absolute atomic E-state index is 0.0468. The number of hydrogen-bond acceptors (Lipinski definition) is 5. The van der Waals surface area contributed by atoms with Crippen molar-refractivity contribution in [3.63, 3.8) is 0 Å². The van der Waals surface area contributed by atoms with E-state index < -0.39 is 9.84 Å². The second kappa shape index (κ2) is 9.03. The predicted octanol–water partition coefficient (Wildman–Crippen LogP) is 3.75. The fourth-order valence-electron chi connectivity index (χ4n) is 3.54. The smallest absolute Gasteiger partial charge is 0.254 e. The van der Waals surface area contributed by atoms with E-state index in [1.165, 1.54) is 17.2 Å². The highest BCUT2D eigenvalue weighted by molar-refractivity contribution is 7.93. The Labute approximate surface area is 185 Å². The second-order valence-electron chi connectivity index (χ2n) is 7.37. The number of sulfone groups is 1. The Morgan fingerprint density at radius 2 is 1.71 bits per heavy atom. The van der Waals surface area contributed by atoms with Gasteiger partial charge in [0, 0.05) is 30.8 Å². The molecule has 160 valence electrons. The molecule has 31 heavy (non-hydrogen) atoms. The van der Waals surface area contributed by atoms with E-state index in [1.807, 2.05) is 23.1 Å². The number of fused-ring (bicyclic) bond motifs is 1. The molecule has 0 radical (unpaired) electrons. The molecular formula is C23H22N2O4S2. The van der Waals surface area contributed by atoms with Crippen molar-refractivity contribution in [1.82, 2.24) is 4.90 Å². The molecule has 1 aliphatic heterocycles. The maximum absolute atomic E-state index is 12.8. The summed E-state index contributed by atoms with van der Waals surface area (Å²) in [6.45, 7) is 1.26. The van der Waals surface area contributed by atoms with Crippen LogP contribution in [0.2, 0.25) is 0 Å². The molecule has 0 aliphatic carbocycles. The summed E-state index contributed by atoms with van der Waals surface area (Å²) >= 11 is 1.14. The lowest BCUT2D eigenvalue weighted by Crippen LogP contribution is -2.35. The lowest BCUT2D eigenvalue weighted by molar-refractivity contribution is -0.115. The number of carbonyl (C=O) groups excluding carboxylic acids is 2. The van der Waals surface area contributed by atoms with E-state index in [9.17, 15) is 18.0 Å². The van der Waals surface area contributed by atoms with Gasteiger partial charge in [0.1, 0.15) is 4.21 Å². The summed E-state index contributed by atoms with van der Waals surface area (Å²) in [6.07, 6.45) is 0.707. The first-order valence-corrected chi connectivity index (χ1v) is 12.5. The monoisotopic (exact) mass is 454 g/mol. The highest BCUT2D eigenvalue weighted by atomic mass is 32.2. The van der Waals surface area contributed by atoms with Crippen LogP contribution in [0.5, 0.6) is 0 Å². The van der Waals surface area contributed by atoms with Crippen LogP contribution in [0.15, 0.2) is 70.3 Å². The molecule has 0 saturated carbocycles. The van der Waals surface area contributed by atoms with Gasteiger partial charge in [0.05, 0.1) is 5.75 Å². The number of benzene rings is 2. The van der Waals surface area contributed by atoms with Crippen LogP contribution in [0.25, 0.3) is 0 Å². The van der Waals surface area contributed by atoms with Crippen molar-refractivity contribution in [2.75, 3.05) is 17.6 Å². The average Bonchev–Trinajstić information content (AvgIpc) is 3.34. The van der Waals surface area contributed by atoms with Gasteiger partial charge in [-0.2, -0.15) is 0 Å². The zero-order valence-corrected chi connectivity index (χ0v) is 18.4. The average molecular weight is 455 g/mol. The Hall–Kier alpha value is -2.97. The number of anilines is 1. The summed E-state index contributed by atoms with van der Waals surface area (Å²) in [5.74, 6) is -0.673. The first kappa shape index (κ1) is 21.3. The third kappa shape index (κ3) is 5.03. The van der Waals surface area contributed by atoms with E-state index in [0.717, 1.165) is 17.8 Å². The van der Waals surface area contributed by atoms with Crippen LogP contribution in [-0.2, 0) is 27.6 Å². The highest BCUT2D eigenvalue weighted by Crippen LogP contribution is 2.21. The summed E-state index contributed by atoms with van der Waals surface area (Å²) in [6, 6.07) is 18.0. The van der Waals surface area contributed by atoms with Gasteiger partial charge in [0.2, 0.25) is 5.91 Å². The molecule has 2 amide bonds. The Balaban J connectivity index is 1.33. The Morgan fingerprint density at radius 3 is 2.42 bits per heavy atom. The van der Waals surface area contributed by atoms with E-state index >= 15 is 0 Å². The van der Waals surface area contributed by atoms with Crippen LogP contribution in [-0.4, -0.2) is 37.4 Å². The number of thiophene rings is 1. The highest BCUT2D eigenvalue weighted by Gasteiger charge is 2.22. The fraction of sp³-hybridized carbons (Fsp3) is 0.217. The maximum Gasteiger partial charge on any atom is 0.254 e. The molecule has 0 spiro atoms. The van der Waals surface area contributed by atoms with E-state index in [2.05, 4.69) is 11.4 Å². The Morgan fingerprint density at radius 1 is 0.968 bits per heavy atom. The predicted molar refractivity (Wildman–Crippen MR) is 121 cm³/mol. The summed E-state index contributed by atoms with van der Waals surface area (Å²) in [5, 5.41) is 4.39. The van der Waals surface area contributed by atoms with Crippen LogP contribution < -0.4 is 5.32 Å².